The van der Waals surface area contributed by atoms with Crippen molar-refractivity contribution in [2.45, 2.75) is 52.0 Å². The lowest BCUT2D eigenvalue weighted by Gasteiger charge is -2.34. The van der Waals surface area contributed by atoms with Gasteiger partial charge in [-0.05, 0) is 56.8 Å². The number of rotatable bonds is 6. The maximum Gasteiger partial charge on any atom is 0.237 e. The fraction of sp³-hybridized carbons (Fsp3) is 0.611. The summed E-state index contributed by atoms with van der Waals surface area (Å²) in [6, 6.07) is 8.49. The van der Waals surface area contributed by atoms with Gasteiger partial charge in [0.05, 0.1) is 6.04 Å². The quantitative estimate of drug-likeness (QED) is 0.873. The van der Waals surface area contributed by atoms with Crippen molar-refractivity contribution in [3.63, 3.8) is 0 Å². The molecule has 21 heavy (non-hydrogen) atoms. The largest absolute Gasteiger partial charge is 0.354 e. The van der Waals surface area contributed by atoms with E-state index in [0.29, 0.717) is 0 Å². The number of aryl methyl sites for hydroxylation is 1. The molecule has 116 valence electrons. The van der Waals surface area contributed by atoms with Crippen molar-refractivity contribution in [1.29, 1.82) is 0 Å². The standard InChI is InChI=1S/C18H28N2O/c1-3-13-20-14-7-6-10-17(20)18(21)19-12-11-16-9-5-4-8-15(16)2/h4-5,8-9,17H,3,6-7,10-14H2,1-2H3,(H,19,21). The van der Waals surface area contributed by atoms with E-state index >= 15 is 0 Å². The minimum atomic E-state index is 0.0931. The molecule has 3 heteroatoms. The van der Waals surface area contributed by atoms with E-state index in [1.807, 2.05) is 0 Å². The molecule has 1 aliphatic heterocycles. The summed E-state index contributed by atoms with van der Waals surface area (Å²) in [5.74, 6) is 0.219. The average molecular weight is 288 g/mol. The Labute approximate surface area is 128 Å². The molecule has 1 aromatic carbocycles. The van der Waals surface area contributed by atoms with Crippen LogP contribution in [0.3, 0.4) is 0 Å². The van der Waals surface area contributed by atoms with Gasteiger partial charge in [-0.15, -0.1) is 0 Å². The van der Waals surface area contributed by atoms with Crippen LogP contribution < -0.4 is 5.32 Å². The molecule has 1 saturated heterocycles. The SMILES string of the molecule is CCCN1CCCCC1C(=O)NCCc1ccccc1C. The second-order valence-electron chi connectivity index (χ2n) is 6.02. The molecule has 1 atom stereocenters. The monoisotopic (exact) mass is 288 g/mol. The molecule has 0 aliphatic carbocycles. The summed E-state index contributed by atoms with van der Waals surface area (Å²) in [6.45, 7) is 7.16. The molecule has 1 N–H and O–H groups in total. The highest BCUT2D eigenvalue weighted by Gasteiger charge is 2.27. The van der Waals surface area contributed by atoms with E-state index in [4.69, 9.17) is 0 Å². The first kappa shape index (κ1) is 16.0. The zero-order chi connectivity index (χ0) is 15.1. The van der Waals surface area contributed by atoms with Crippen molar-refractivity contribution < 1.29 is 4.79 Å². The van der Waals surface area contributed by atoms with E-state index in [9.17, 15) is 4.79 Å². The molecule has 0 bridgehead atoms. The maximum absolute atomic E-state index is 12.4. The number of carbonyl (C=O) groups excluding carboxylic acids is 1. The van der Waals surface area contributed by atoms with E-state index in [1.54, 1.807) is 0 Å². The van der Waals surface area contributed by atoms with Gasteiger partial charge in [-0.2, -0.15) is 0 Å². The van der Waals surface area contributed by atoms with E-state index < -0.39 is 0 Å². The second-order valence-corrected chi connectivity index (χ2v) is 6.02. The Kier molecular flexibility index (Phi) is 6.24. The first-order valence-corrected chi connectivity index (χ1v) is 8.28. The fourth-order valence-corrected chi connectivity index (χ4v) is 3.17. The molecular weight excluding hydrogens is 260 g/mol. The van der Waals surface area contributed by atoms with E-state index in [-0.39, 0.29) is 11.9 Å². The smallest absolute Gasteiger partial charge is 0.237 e. The van der Waals surface area contributed by atoms with Gasteiger partial charge in [-0.1, -0.05) is 37.6 Å². The van der Waals surface area contributed by atoms with Crippen LogP contribution in [-0.2, 0) is 11.2 Å². The average Bonchev–Trinajstić information content (AvgIpc) is 2.50. The van der Waals surface area contributed by atoms with Gasteiger partial charge in [-0.3, -0.25) is 9.69 Å². The molecule has 1 aliphatic rings. The predicted octanol–water partition coefficient (Wildman–Crippen LogP) is 2.92. The highest BCUT2D eigenvalue weighted by molar-refractivity contribution is 5.81. The van der Waals surface area contributed by atoms with Crippen LogP contribution in [0.25, 0.3) is 0 Å². The highest BCUT2D eigenvalue weighted by atomic mass is 16.2. The van der Waals surface area contributed by atoms with Gasteiger partial charge in [-0.25, -0.2) is 0 Å². The Morgan fingerprint density at radius 3 is 2.90 bits per heavy atom. The molecule has 1 fully saturated rings. The third-order valence-electron chi connectivity index (χ3n) is 4.38. The topological polar surface area (TPSA) is 32.3 Å². The molecule has 1 aromatic rings. The molecular formula is C18H28N2O. The number of hydrogen-bond donors (Lipinski definition) is 1. The molecule has 1 amide bonds. The first-order chi connectivity index (χ1) is 10.2. The van der Waals surface area contributed by atoms with E-state index in [2.05, 4.69) is 48.3 Å². The van der Waals surface area contributed by atoms with Crippen LogP contribution in [0.15, 0.2) is 24.3 Å². The summed E-state index contributed by atoms with van der Waals surface area (Å²) in [5, 5.41) is 3.14. The van der Waals surface area contributed by atoms with Gasteiger partial charge in [0, 0.05) is 6.54 Å². The van der Waals surface area contributed by atoms with Crippen LogP contribution in [-0.4, -0.2) is 36.5 Å². The van der Waals surface area contributed by atoms with Gasteiger partial charge in [0.25, 0.3) is 0 Å². The number of carbonyl (C=O) groups is 1. The van der Waals surface area contributed by atoms with Crippen molar-refractivity contribution >= 4 is 5.91 Å². The normalized spacial score (nSPS) is 19.4. The summed E-state index contributed by atoms with van der Waals surface area (Å²) < 4.78 is 0. The third-order valence-corrected chi connectivity index (χ3v) is 4.38. The minimum absolute atomic E-state index is 0.0931. The molecule has 0 aromatic heterocycles. The Hall–Kier alpha value is -1.35. The van der Waals surface area contributed by atoms with Gasteiger partial charge in [0.1, 0.15) is 0 Å². The summed E-state index contributed by atoms with van der Waals surface area (Å²) in [6.07, 6.45) is 5.45. The molecule has 3 nitrogen and oxygen atoms in total. The van der Waals surface area contributed by atoms with Crippen molar-refractivity contribution in [2.75, 3.05) is 19.6 Å². The molecule has 0 radical (unpaired) electrons. The zero-order valence-electron chi connectivity index (χ0n) is 13.4. The Balaban J connectivity index is 1.82. The lowest BCUT2D eigenvalue weighted by Crippen LogP contribution is -2.50. The lowest BCUT2D eigenvalue weighted by atomic mass is 10.0. The van der Waals surface area contributed by atoms with Gasteiger partial charge in [0.15, 0.2) is 0 Å². The van der Waals surface area contributed by atoms with Crippen LogP contribution in [0.4, 0.5) is 0 Å². The van der Waals surface area contributed by atoms with Gasteiger partial charge in [0.2, 0.25) is 5.91 Å². The van der Waals surface area contributed by atoms with Crippen LogP contribution in [0, 0.1) is 6.92 Å². The molecule has 1 unspecified atom stereocenters. The lowest BCUT2D eigenvalue weighted by molar-refractivity contribution is -0.127. The van der Waals surface area contributed by atoms with E-state index in [1.165, 1.54) is 24.0 Å². The predicted molar refractivity (Wildman–Crippen MR) is 87.4 cm³/mol. The maximum atomic E-state index is 12.4. The summed E-state index contributed by atoms with van der Waals surface area (Å²) in [7, 11) is 0. The Morgan fingerprint density at radius 1 is 1.33 bits per heavy atom. The van der Waals surface area contributed by atoms with Gasteiger partial charge < -0.3 is 5.32 Å². The van der Waals surface area contributed by atoms with Crippen LogP contribution in [0.1, 0.15) is 43.7 Å². The van der Waals surface area contributed by atoms with E-state index in [0.717, 1.165) is 38.9 Å². The number of nitrogens with zero attached hydrogens (tertiary/aromatic N) is 1. The Morgan fingerprint density at radius 2 is 2.14 bits per heavy atom. The third kappa shape index (κ3) is 4.57. The van der Waals surface area contributed by atoms with Crippen molar-refractivity contribution in [2.24, 2.45) is 0 Å². The molecule has 1 heterocycles. The Bertz CT molecular complexity index is 456. The number of likely N-dealkylation sites (tertiary alicyclic amines) is 1. The minimum Gasteiger partial charge on any atom is -0.354 e. The number of piperidine rings is 1. The number of benzene rings is 1. The van der Waals surface area contributed by atoms with Crippen molar-refractivity contribution in [3.05, 3.63) is 35.4 Å². The summed E-state index contributed by atoms with van der Waals surface area (Å²) in [4.78, 5) is 14.8. The van der Waals surface area contributed by atoms with Crippen LogP contribution in [0.2, 0.25) is 0 Å². The first-order valence-electron chi connectivity index (χ1n) is 8.28. The van der Waals surface area contributed by atoms with Crippen molar-refractivity contribution in [3.8, 4) is 0 Å². The number of amides is 1. The van der Waals surface area contributed by atoms with Gasteiger partial charge >= 0.3 is 0 Å². The van der Waals surface area contributed by atoms with Crippen LogP contribution >= 0.6 is 0 Å². The molecule has 2 rings (SSSR count). The highest BCUT2D eigenvalue weighted by Crippen LogP contribution is 2.17. The zero-order valence-corrected chi connectivity index (χ0v) is 13.4. The number of hydrogen-bond acceptors (Lipinski definition) is 2. The summed E-state index contributed by atoms with van der Waals surface area (Å²) in [5.41, 5.74) is 2.63. The van der Waals surface area contributed by atoms with Crippen LogP contribution in [0.5, 0.6) is 0 Å². The molecule has 0 spiro atoms. The molecule has 0 saturated carbocycles. The fourth-order valence-electron chi connectivity index (χ4n) is 3.17. The second kappa shape index (κ2) is 8.18. The summed E-state index contributed by atoms with van der Waals surface area (Å²) >= 11 is 0. The number of nitrogens with one attached hydrogen (secondary N) is 1. The van der Waals surface area contributed by atoms with Crippen molar-refractivity contribution in [1.82, 2.24) is 10.2 Å².